The van der Waals surface area contributed by atoms with E-state index in [9.17, 15) is 4.79 Å². The van der Waals surface area contributed by atoms with Crippen molar-refractivity contribution in [2.24, 2.45) is 5.10 Å². The normalized spacial score (nSPS) is 15.0. The van der Waals surface area contributed by atoms with Gasteiger partial charge in [-0.15, -0.1) is 5.10 Å². The number of carbonyl (C=O) groups excluding carboxylic acids is 1. The highest BCUT2D eigenvalue weighted by atomic mass is 35.5. The van der Waals surface area contributed by atoms with Gasteiger partial charge >= 0.3 is 0 Å². The Bertz CT molecular complexity index is 1430. The first kappa shape index (κ1) is 24.9. The van der Waals surface area contributed by atoms with Crippen LogP contribution in [0.4, 0.5) is 5.69 Å². The lowest BCUT2D eigenvalue weighted by molar-refractivity contribution is -0.111. The van der Waals surface area contributed by atoms with Crippen LogP contribution in [0.25, 0.3) is 0 Å². The Morgan fingerprint density at radius 1 is 0.892 bits per heavy atom. The zero-order chi connectivity index (χ0) is 25.8. The van der Waals surface area contributed by atoms with Crippen molar-refractivity contribution in [3.8, 4) is 5.75 Å². The summed E-state index contributed by atoms with van der Waals surface area (Å²) in [7, 11) is 0. The number of amidine groups is 1. The third-order valence-electron chi connectivity index (χ3n) is 6.12. The summed E-state index contributed by atoms with van der Waals surface area (Å²) in [6.45, 7) is 2.30. The predicted molar refractivity (Wildman–Crippen MR) is 149 cm³/mol. The van der Waals surface area contributed by atoms with Gasteiger partial charge in [0, 0.05) is 34.6 Å². The van der Waals surface area contributed by atoms with Crippen molar-refractivity contribution in [3.63, 3.8) is 0 Å². The van der Waals surface area contributed by atoms with Gasteiger partial charge < -0.3 is 9.64 Å². The van der Waals surface area contributed by atoms with E-state index in [0.29, 0.717) is 28.2 Å². The second-order valence-corrected chi connectivity index (χ2v) is 9.55. The second-order valence-electron chi connectivity index (χ2n) is 8.71. The van der Waals surface area contributed by atoms with Gasteiger partial charge in [0.1, 0.15) is 12.4 Å². The first-order valence-corrected chi connectivity index (χ1v) is 12.7. The van der Waals surface area contributed by atoms with Crippen LogP contribution in [0.3, 0.4) is 0 Å². The summed E-state index contributed by atoms with van der Waals surface area (Å²) in [5.74, 6) is 0.878. The summed E-state index contributed by atoms with van der Waals surface area (Å²) in [5, 5.41) is 7.85. The van der Waals surface area contributed by atoms with Crippen molar-refractivity contribution in [2.75, 3.05) is 5.01 Å². The second kappa shape index (κ2) is 11.1. The van der Waals surface area contributed by atoms with Crippen LogP contribution in [0.1, 0.15) is 29.8 Å². The number of nitrogens with zero attached hydrogens (tertiary/aromatic N) is 3. The van der Waals surface area contributed by atoms with Gasteiger partial charge in [-0.25, -0.2) is 5.01 Å². The first-order chi connectivity index (χ1) is 18.0. The van der Waals surface area contributed by atoms with Crippen LogP contribution in [0.2, 0.25) is 10.0 Å². The summed E-state index contributed by atoms with van der Waals surface area (Å²) >= 11 is 12.9. The van der Waals surface area contributed by atoms with E-state index in [4.69, 9.17) is 33.0 Å². The van der Waals surface area contributed by atoms with Gasteiger partial charge in [-0.05, 0) is 42.0 Å². The number of Topliss-reactive ketones (excluding diaryl/α,β-unsaturated/α-hetero) is 1. The van der Waals surface area contributed by atoms with Crippen LogP contribution in [-0.2, 0) is 17.9 Å². The van der Waals surface area contributed by atoms with Gasteiger partial charge in [0.2, 0.25) is 0 Å². The average molecular weight is 530 g/mol. The van der Waals surface area contributed by atoms with E-state index in [-0.39, 0.29) is 12.4 Å². The summed E-state index contributed by atoms with van der Waals surface area (Å²) in [6.07, 6.45) is -0.471. The molecule has 0 unspecified atom stereocenters. The molecule has 0 spiro atoms. The molecular weight excluding hydrogens is 505 g/mol. The van der Waals surface area contributed by atoms with Crippen LogP contribution < -0.4 is 9.75 Å². The molecule has 0 saturated carbocycles. The van der Waals surface area contributed by atoms with Crippen LogP contribution in [0.5, 0.6) is 5.75 Å². The molecule has 0 bridgehead atoms. The molecule has 5 rings (SSSR count). The number of ketones is 1. The fourth-order valence-corrected chi connectivity index (χ4v) is 4.75. The zero-order valence-electron chi connectivity index (χ0n) is 20.2. The lowest BCUT2D eigenvalue weighted by Crippen LogP contribution is -2.37. The number of hydrogen-bond acceptors (Lipinski definition) is 5. The Morgan fingerprint density at radius 2 is 1.57 bits per heavy atom. The highest BCUT2D eigenvalue weighted by Crippen LogP contribution is 2.41. The minimum Gasteiger partial charge on any atom is -0.488 e. The van der Waals surface area contributed by atoms with Crippen molar-refractivity contribution < 1.29 is 9.53 Å². The molecule has 7 heteroatoms. The standard InChI is InChI=1S/C30H25Cl2N3O2/c1-21(36)29-33-35(25-13-6-3-7-14-25)30(34(29)19-22-10-4-2-5-11-22)26-18-24(31)16-17-28(26)37-20-23-12-8-9-15-27(23)32/h2-18,30H,19-20H2,1H3/t30-/m0/s1. The van der Waals surface area contributed by atoms with Crippen LogP contribution >= 0.6 is 23.2 Å². The average Bonchev–Trinajstić information content (AvgIpc) is 3.29. The Hall–Kier alpha value is -3.80. The molecule has 1 heterocycles. The summed E-state index contributed by atoms with van der Waals surface area (Å²) in [4.78, 5) is 14.8. The Labute approximate surface area is 226 Å². The summed E-state index contributed by atoms with van der Waals surface area (Å²) < 4.78 is 6.32. The van der Waals surface area contributed by atoms with Crippen LogP contribution in [-0.4, -0.2) is 16.5 Å². The lowest BCUT2D eigenvalue weighted by Gasteiger charge is -2.33. The number of halogens is 2. The Kier molecular flexibility index (Phi) is 7.45. The maximum Gasteiger partial charge on any atom is 0.196 e. The minimum atomic E-state index is -0.471. The molecule has 0 amide bonds. The lowest BCUT2D eigenvalue weighted by atomic mass is 10.1. The molecular formula is C30H25Cl2N3O2. The number of rotatable bonds is 8. The Morgan fingerprint density at radius 3 is 2.27 bits per heavy atom. The fraction of sp³-hybridized carbons (Fsp3) is 0.133. The molecule has 1 aliphatic heterocycles. The fourth-order valence-electron chi connectivity index (χ4n) is 4.38. The monoisotopic (exact) mass is 529 g/mol. The number of hydrazone groups is 1. The van der Waals surface area contributed by atoms with E-state index >= 15 is 0 Å². The van der Waals surface area contributed by atoms with Crippen LogP contribution in [0, 0.1) is 0 Å². The molecule has 0 fully saturated rings. The van der Waals surface area contributed by atoms with Crippen molar-refractivity contribution in [1.29, 1.82) is 0 Å². The van der Waals surface area contributed by atoms with Crippen molar-refractivity contribution in [2.45, 2.75) is 26.2 Å². The number of carbonyl (C=O) groups is 1. The van der Waals surface area contributed by atoms with E-state index in [1.54, 1.807) is 6.07 Å². The molecule has 0 N–H and O–H groups in total. The van der Waals surface area contributed by atoms with Gasteiger partial charge in [-0.3, -0.25) is 4.79 Å². The third-order valence-corrected chi connectivity index (χ3v) is 6.73. The molecule has 5 nitrogen and oxygen atoms in total. The number of ether oxygens (including phenoxy) is 1. The maximum atomic E-state index is 12.8. The molecule has 37 heavy (non-hydrogen) atoms. The van der Waals surface area contributed by atoms with Gasteiger partial charge in [-0.2, -0.15) is 0 Å². The smallest absolute Gasteiger partial charge is 0.196 e. The number of benzene rings is 4. The number of para-hydroxylation sites is 1. The van der Waals surface area contributed by atoms with Crippen molar-refractivity contribution >= 4 is 40.5 Å². The van der Waals surface area contributed by atoms with E-state index in [2.05, 4.69) is 0 Å². The van der Waals surface area contributed by atoms with Gasteiger partial charge in [-0.1, -0.05) is 89.9 Å². The van der Waals surface area contributed by atoms with Gasteiger partial charge in [0.25, 0.3) is 0 Å². The first-order valence-electron chi connectivity index (χ1n) is 11.9. The molecule has 4 aromatic rings. The Balaban J connectivity index is 1.60. The SMILES string of the molecule is CC(=O)C1=NN(c2ccccc2)[C@@H](c2cc(Cl)ccc2OCc2ccccc2Cl)N1Cc1ccccc1. The molecule has 186 valence electrons. The largest absolute Gasteiger partial charge is 0.488 e. The van der Waals surface area contributed by atoms with Crippen LogP contribution in [0.15, 0.2) is 108 Å². The molecule has 0 aliphatic carbocycles. The maximum absolute atomic E-state index is 12.8. The molecule has 0 saturated heterocycles. The predicted octanol–water partition coefficient (Wildman–Crippen LogP) is 7.50. The zero-order valence-corrected chi connectivity index (χ0v) is 21.7. The van der Waals surface area contributed by atoms with E-state index in [0.717, 1.165) is 22.4 Å². The van der Waals surface area contributed by atoms with E-state index in [1.807, 2.05) is 107 Å². The summed E-state index contributed by atoms with van der Waals surface area (Å²) in [6, 6.07) is 32.9. The molecule has 0 aromatic heterocycles. The summed E-state index contributed by atoms with van der Waals surface area (Å²) in [5.41, 5.74) is 3.56. The quantitative estimate of drug-likeness (QED) is 0.237. The number of hydrogen-bond donors (Lipinski definition) is 0. The van der Waals surface area contributed by atoms with Crippen molar-refractivity contribution in [1.82, 2.24) is 4.90 Å². The molecule has 1 atom stereocenters. The highest BCUT2D eigenvalue weighted by molar-refractivity contribution is 6.38. The minimum absolute atomic E-state index is 0.125. The van der Waals surface area contributed by atoms with Crippen molar-refractivity contribution in [3.05, 3.63) is 130 Å². The van der Waals surface area contributed by atoms with E-state index < -0.39 is 6.17 Å². The molecule has 4 aromatic carbocycles. The molecule has 0 radical (unpaired) electrons. The van der Waals surface area contributed by atoms with Gasteiger partial charge in [0.15, 0.2) is 17.8 Å². The molecule has 1 aliphatic rings. The topological polar surface area (TPSA) is 45.1 Å². The van der Waals surface area contributed by atoms with Gasteiger partial charge in [0.05, 0.1) is 5.69 Å². The van der Waals surface area contributed by atoms with E-state index in [1.165, 1.54) is 6.92 Å². The highest BCUT2D eigenvalue weighted by Gasteiger charge is 2.39. The third kappa shape index (κ3) is 5.48. The number of anilines is 1.